The number of hydrogen-bond acceptors (Lipinski definition) is 3. The summed E-state index contributed by atoms with van der Waals surface area (Å²) in [6, 6.07) is 10.1. The van der Waals surface area contributed by atoms with Gasteiger partial charge >= 0.3 is 6.18 Å². The maximum atomic E-state index is 13.0. The SMILES string of the molecule is N#Cc1cc(Br)ccc1Nc1ccc(N)cc1C(F)(F)F. The Labute approximate surface area is 127 Å². The zero-order valence-corrected chi connectivity index (χ0v) is 12.1. The minimum atomic E-state index is -4.54. The molecule has 0 bridgehead atoms. The largest absolute Gasteiger partial charge is 0.418 e. The first-order chi connectivity index (χ1) is 9.81. The molecule has 0 heterocycles. The maximum Gasteiger partial charge on any atom is 0.418 e. The van der Waals surface area contributed by atoms with Gasteiger partial charge in [0, 0.05) is 10.2 Å². The molecule has 0 aliphatic rings. The van der Waals surface area contributed by atoms with Gasteiger partial charge in [0.15, 0.2) is 0 Å². The van der Waals surface area contributed by atoms with Gasteiger partial charge in [-0.1, -0.05) is 15.9 Å². The van der Waals surface area contributed by atoms with Gasteiger partial charge in [0.1, 0.15) is 6.07 Å². The summed E-state index contributed by atoms with van der Waals surface area (Å²) in [5, 5.41) is 11.7. The summed E-state index contributed by atoms with van der Waals surface area (Å²) in [5.41, 5.74) is 4.91. The highest BCUT2D eigenvalue weighted by Gasteiger charge is 2.33. The van der Waals surface area contributed by atoms with E-state index in [0.717, 1.165) is 6.07 Å². The van der Waals surface area contributed by atoms with E-state index < -0.39 is 11.7 Å². The van der Waals surface area contributed by atoms with Crippen LogP contribution in [0.3, 0.4) is 0 Å². The summed E-state index contributed by atoms with van der Waals surface area (Å²) < 4.78 is 39.7. The van der Waals surface area contributed by atoms with Gasteiger partial charge in [-0.05, 0) is 36.4 Å². The molecule has 2 rings (SSSR count). The lowest BCUT2D eigenvalue weighted by molar-refractivity contribution is -0.136. The second-order valence-electron chi connectivity index (χ2n) is 4.23. The van der Waals surface area contributed by atoms with Gasteiger partial charge in [-0.3, -0.25) is 0 Å². The number of nitrogens with one attached hydrogen (secondary N) is 1. The number of halogens is 4. The van der Waals surface area contributed by atoms with E-state index in [4.69, 9.17) is 11.0 Å². The molecule has 0 saturated heterocycles. The fourth-order valence-electron chi connectivity index (χ4n) is 1.77. The van der Waals surface area contributed by atoms with Gasteiger partial charge in [0.2, 0.25) is 0 Å². The van der Waals surface area contributed by atoms with Gasteiger partial charge in [-0.25, -0.2) is 0 Å². The summed E-state index contributed by atoms with van der Waals surface area (Å²) in [6.45, 7) is 0. The molecule has 0 fully saturated rings. The molecule has 0 spiro atoms. The van der Waals surface area contributed by atoms with Crippen molar-refractivity contribution in [1.82, 2.24) is 0 Å². The minimum absolute atomic E-state index is 0.0178. The molecule has 3 N–H and O–H groups in total. The van der Waals surface area contributed by atoms with Crippen molar-refractivity contribution in [3.8, 4) is 6.07 Å². The monoisotopic (exact) mass is 355 g/mol. The molecule has 0 radical (unpaired) electrons. The van der Waals surface area contributed by atoms with Crippen LogP contribution in [0, 0.1) is 11.3 Å². The van der Waals surface area contributed by atoms with E-state index in [-0.39, 0.29) is 22.6 Å². The van der Waals surface area contributed by atoms with Crippen molar-refractivity contribution in [2.45, 2.75) is 6.18 Å². The Kier molecular flexibility index (Phi) is 4.09. The van der Waals surface area contributed by atoms with Gasteiger partial charge in [-0.2, -0.15) is 18.4 Å². The van der Waals surface area contributed by atoms with E-state index in [1.54, 1.807) is 6.07 Å². The van der Waals surface area contributed by atoms with Crippen LogP contribution in [0.25, 0.3) is 0 Å². The molecule has 2 aromatic rings. The first-order valence-corrected chi connectivity index (χ1v) is 6.54. The number of benzene rings is 2. The number of nitriles is 1. The van der Waals surface area contributed by atoms with Crippen LogP contribution in [0.15, 0.2) is 40.9 Å². The van der Waals surface area contributed by atoms with E-state index in [0.29, 0.717) is 4.47 Å². The first kappa shape index (κ1) is 15.2. The number of anilines is 3. The molecule has 0 amide bonds. The first-order valence-electron chi connectivity index (χ1n) is 5.74. The van der Waals surface area contributed by atoms with Crippen LogP contribution in [0.2, 0.25) is 0 Å². The Morgan fingerprint density at radius 2 is 1.76 bits per heavy atom. The van der Waals surface area contributed by atoms with Crippen molar-refractivity contribution >= 4 is 33.0 Å². The minimum Gasteiger partial charge on any atom is -0.399 e. The topological polar surface area (TPSA) is 61.8 Å². The highest BCUT2D eigenvalue weighted by Crippen LogP contribution is 2.37. The van der Waals surface area contributed by atoms with Crippen LogP contribution in [-0.2, 0) is 6.18 Å². The fourth-order valence-corrected chi connectivity index (χ4v) is 2.13. The van der Waals surface area contributed by atoms with Crippen molar-refractivity contribution in [1.29, 1.82) is 5.26 Å². The third kappa shape index (κ3) is 3.47. The van der Waals surface area contributed by atoms with Crippen molar-refractivity contribution in [2.75, 3.05) is 11.1 Å². The van der Waals surface area contributed by atoms with Crippen LogP contribution < -0.4 is 11.1 Å². The average molecular weight is 356 g/mol. The van der Waals surface area contributed by atoms with E-state index in [2.05, 4.69) is 21.2 Å². The molecule has 0 aliphatic carbocycles. The number of alkyl halides is 3. The van der Waals surface area contributed by atoms with Gasteiger partial charge in [-0.15, -0.1) is 0 Å². The highest BCUT2D eigenvalue weighted by molar-refractivity contribution is 9.10. The molecular weight excluding hydrogens is 347 g/mol. The van der Waals surface area contributed by atoms with Gasteiger partial charge in [0.05, 0.1) is 22.5 Å². The third-order valence-electron chi connectivity index (χ3n) is 2.72. The van der Waals surface area contributed by atoms with E-state index in [1.807, 2.05) is 6.07 Å². The quantitative estimate of drug-likeness (QED) is 0.769. The van der Waals surface area contributed by atoms with Crippen LogP contribution in [0.4, 0.5) is 30.2 Å². The van der Waals surface area contributed by atoms with Crippen molar-refractivity contribution < 1.29 is 13.2 Å². The molecule has 0 aromatic heterocycles. The number of nitrogens with zero attached hydrogens (tertiary/aromatic N) is 1. The van der Waals surface area contributed by atoms with Crippen LogP contribution in [0.1, 0.15) is 11.1 Å². The lowest BCUT2D eigenvalue weighted by atomic mass is 10.1. The third-order valence-corrected chi connectivity index (χ3v) is 3.21. The number of hydrogen-bond donors (Lipinski definition) is 2. The number of nitrogens with two attached hydrogens (primary N) is 1. The zero-order valence-electron chi connectivity index (χ0n) is 10.5. The average Bonchev–Trinajstić information content (AvgIpc) is 2.41. The van der Waals surface area contributed by atoms with E-state index in [9.17, 15) is 13.2 Å². The maximum absolute atomic E-state index is 13.0. The number of nitrogen functional groups attached to an aromatic ring is 1. The Balaban J connectivity index is 2.48. The molecule has 0 saturated carbocycles. The summed E-state index contributed by atoms with van der Waals surface area (Å²) in [4.78, 5) is 0. The molecule has 108 valence electrons. The fraction of sp³-hybridized carbons (Fsp3) is 0.0714. The molecule has 2 aromatic carbocycles. The standard InChI is InChI=1S/C14H9BrF3N3/c15-9-1-3-12(8(5-9)7-19)21-13-4-2-10(20)6-11(13)14(16,17)18/h1-6,21H,20H2. The molecule has 0 unspecified atom stereocenters. The lowest BCUT2D eigenvalue weighted by Crippen LogP contribution is -2.10. The van der Waals surface area contributed by atoms with E-state index in [1.165, 1.54) is 24.3 Å². The Bertz CT molecular complexity index is 720. The Morgan fingerprint density at radius 1 is 1.10 bits per heavy atom. The molecule has 0 atom stereocenters. The summed E-state index contributed by atoms with van der Waals surface area (Å²) >= 11 is 3.20. The molecule has 21 heavy (non-hydrogen) atoms. The predicted octanol–water partition coefficient (Wildman–Crippen LogP) is 4.67. The molecular formula is C14H9BrF3N3. The summed E-state index contributed by atoms with van der Waals surface area (Å²) in [5.74, 6) is 0. The smallest absolute Gasteiger partial charge is 0.399 e. The van der Waals surface area contributed by atoms with Crippen LogP contribution in [0.5, 0.6) is 0 Å². The highest BCUT2D eigenvalue weighted by atomic mass is 79.9. The number of rotatable bonds is 2. The Morgan fingerprint density at radius 3 is 2.38 bits per heavy atom. The zero-order chi connectivity index (χ0) is 15.6. The molecule has 0 aliphatic heterocycles. The van der Waals surface area contributed by atoms with Crippen molar-refractivity contribution in [3.05, 3.63) is 52.0 Å². The second-order valence-corrected chi connectivity index (χ2v) is 5.15. The molecule has 7 heteroatoms. The molecule has 3 nitrogen and oxygen atoms in total. The van der Waals surface area contributed by atoms with Gasteiger partial charge < -0.3 is 11.1 Å². The van der Waals surface area contributed by atoms with Crippen LogP contribution >= 0.6 is 15.9 Å². The normalized spacial score (nSPS) is 11.0. The predicted molar refractivity (Wildman–Crippen MR) is 78.0 cm³/mol. The lowest BCUT2D eigenvalue weighted by Gasteiger charge is -2.16. The van der Waals surface area contributed by atoms with Crippen LogP contribution in [-0.4, -0.2) is 0 Å². The van der Waals surface area contributed by atoms with Gasteiger partial charge in [0.25, 0.3) is 0 Å². The van der Waals surface area contributed by atoms with E-state index >= 15 is 0 Å². The van der Waals surface area contributed by atoms with Crippen molar-refractivity contribution in [2.24, 2.45) is 0 Å². The summed E-state index contributed by atoms with van der Waals surface area (Å²) in [6.07, 6.45) is -4.54. The second kappa shape index (κ2) is 5.66. The Hall–Kier alpha value is -2.20. The van der Waals surface area contributed by atoms with Crippen molar-refractivity contribution in [3.63, 3.8) is 0 Å². The summed E-state index contributed by atoms with van der Waals surface area (Å²) in [7, 11) is 0.